The van der Waals surface area contributed by atoms with Gasteiger partial charge in [0.05, 0.1) is 7.11 Å². The molecule has 0 bridgehead atoms. The van der Waals surface area contributed by atoms with E-state index in [1.807, 2.05) is 20.8 Å². The number of ether oxygens (including phenoxy) is 2. The fraction of sp³-hybridized carbons (Fsp3) is 0.615. The van der Waals surface area contributed by atoms with Gasteiger partial charge in [-0.25, -0.2) is 4.79 Å². The molecule has 0 aliphatic heterocycles. The number of alkyl carbamates (subject to hydrolysis) is 1. The normalized spacial score (nSPS) is 13.4. The molecule has 202 valence electrons. The third-order valence-electron chi connectivity index (χ3n) is 5.71. The lowest BCUT2D eigenvalue weighted by atomic mass is 9.90. The van der Waals surface area contributed by atoms with Gasteiger partial charge in [-0.2, -0.15) is 0 Å². The van der Waals surface area contributed by atoms with E-state index in [2.05, 4.69) is 15.4 Å². The fourth-order valence-corrected chi connectivity index (χ4v) is 3.45. The Kier molecular flexibility index (Phi) is 10.8. The van der Waals surface area contributed by atoms with Crippen LogP contribution in [0.2, 0.25) is 0 Å². The van der Waals surface area contributed by atoms with E-state index in [0.717, 1.165) is 0 Å². The van der Waals surface area contributed by atoms with E-state index in [-0.39, 0.29) is 18.2 Å². The second kappa shape index (κ2) is 12.6. The molecule has 0 fully saturated rings. The van der Waals surface area contributed by atoms with Crippen LogP contribution in [-0.4, -0.2) is 64.7 Å². The van der Waals surface area contributed by atoms with E-state index >= 15 is 0 Å². The Labute approximate surface area is 213 Å². The number of hydrogen-bond donors (Lipinski definition) is 3. The minimum Gasteiger partial charge on any atom is -0.508 e. The van der Waals surface area contributed by atoms with Crippen molar-refractivity contribution in [3.05, 3.63) is 29.8 Å². The molecule has 10 heteroatoms. The van der Waals surface area contributed by atoms with E-state index in [0.29, 0.717) is 12.0 Å². The maximum absolute atomic E-state index is 14.1. The largest absolute Gasteiger partial charge is 0.508 e. The first-order valence-corrected chi connectivity index (χ1v) is 12.0. The number of rotatable bonds is 10. The van der Waals surface area contributed by atoms with Crippen LogP contribution in [0.15, 0.2) is 24.3 Å². The summed E-state index contributed by atoms with van der Waals surface area (Å²) in [6.45, 7) is 13.9. The fourth-order valence-electron chi connectivity index (χ4n) is 3.45. The highest BCUT2D eigenvalue weighted by molar-refractivity contribution is 5.93. The third kappa shape index (κ3) is 8.73. The Morgan fingerprint density at radius 1 is 1.03 bits per heavy atom. The van der Waals surface area contributed by atoms with E-state index in [1.165, 1.54) is 36.3 Å². The van der Waals surface area contributed by atoms with Crippen molar-refractivity contribution in [2.75, 3.05) is 13.7 Å². The van der Waals surface area contributed by atoms with Crippen molar-refractivity contribution in [2.45, 2.75) is 85.0 Å². The molecule has 0 saturated heterocycles. The zero-order valence-electron chi connectivity index (χ0n) is 22.8. The molecular weight excluding hydrogens is 466 g/mol. The molecule has 2 atom stereocenters. The van der Waals surface area contributed by atoms with Gasteiger partial charge in [0.25, 0.3) is 0 Å². The van der Waals surface area contributed by atoms with Crippen molar-refractivity contribution in [1.29, 1.82) is 0 Å². The number of phenolic OH excluding ortho intramolecular Hbond substituents is 1. The summed E-state index contributed by atoms with van der Waals surface area (Å²) >= 11 is 0. The van der Waals surface area contributed by atoms with Crippen LogP contribution < -0.4 is 10.6 Å². The van der Waals surface area contributed by atoms with Crippen molar-refractivity contribution in [2.24, 2.45) is 5.92 Å². The second-order valence-corrected chi connectivity index (χ2v) is 10.5. The summed E-state index contributed by atoms with van der Waals surface area (Å²) in [5.74, 6) is -2.09. The quantitative estimate of drug-likeness (QED) is 0.414. The van der Waals surface area contributed by atoms with Gasteiger partial charge in [0, 0.05) is 5.54 Å². The monoisotopic (exact) mass is 507 g/mol. The summed E-state index contributed by atoms with van der Waals surface area (Å²) in [5, 5.41) is 15.0. The van der Waals surface area contributed by atoms with Crippen LogP contribution in [0, 0.1) is 5.92 Å². The van der Waals surface area contributed by atoms with Gasteiger partial charge in [0.1, 0.15) is 30.0 Å². The molecule has 0 aliphatic rings. The predicted molar refractivity (Wildman–Crippen MR) is 135 cm³/mol. The second-order valence-electron chi connectivity index (χ2n) is 10.5. The molecule has 10 nitrogen and oxygen atoms in total. The molecule has 0 saturated carbocycles. The first-order chi connectivity index (χ1) is 16.5. The Morgan fingerprint density at radius 2 is 1.58 bits per heavy atom. The van der Waals surface area contributed by atoms with Crippen LogP contribution in [-0.2, 0) is 23.9 Å². The van der Waals surface area contributed by atoms with Gasteiger partial charge in [0.15, 0.2) is 0 Å². The number of carbonyl (C=O) groups is 4. The van der Waals surface area contributed by atoms with E-state index in [9.17, 15) is 24.3 Å². The molecule has 0 aliphatic carbocycles. The lowest BCUT2D eigenvalue weighted by Crippen LogP contribution is -2.60. The van der Waals surface area contributed by atoms with Gasteiger partial charge in [-0.3, -0.25) is 14.4 Å². The summed E-state index contributed by atoms with van der Waals surface area (Å²) in [7, 11) is 1.21. The molecule has 0 heterocycles. The van der Waals surface area contributed by atoms with Crippen LogP contribution in [0.1, 0.15) is 73.4 Å². The van der Waals surface area contributed by atoms with E-state index in [4.69, 9.17) is 4.74 Å². The molecule has 2 unspecified atom stereocenters. The topological polar surface area (TPSA) is 134 Å². The smallest absolute Gasteiger partial charge is 0.408 e. The zero-order valence-corrected chi connectivity index (χ0v) is 22.8. The summed E-state index contributed by atoms with van der Waals surface area (Å²) in [6, 6.07) is 3.73. The first kappa shape index (κ1) is 30.7. The number of benzene rings is 1. The Morgan fingerprint density at radius 3 is 2.03 bits per heavy atom. The Balaban J connectivity index is 3.58. The summed E-state index contributed by atoms with van der Waals surface area (Å²) < 4.78 is 9.99. The van der Waals surface area contributed by atoms with Crippen molar-refractivity contribution in [3.63, 3.8) is 0 Å². The first-order valence-electron chi connectivity index (χ1n) is 12.0. The van der Waals surface area contributed by atoms with Crippen LogP contribution in [0.25, 0.3) is 0 Å². The molecule has 1 aromatic carbocycles. The number of esters is 1. The van der Waals surface area contributed by atoms with Gasteiger partial charge in [-0.15, -0.1) is 0 Å². The Bertz CT molecular complexity index is 920. The van der Waals surface area contributed by atoms with Crippen LogP contribution in [0.3, 0.4) is 0 Å². The van der Waals surface area contributed by atoms with Crippen molar-refractivity contribution >= 4 is 23.9 Å². The number of nitrogens with zero attached hydrogens (tertiary/aromatic N) is 1. The molecule has 1 rings (SSSR count). The standard InChI is InChI=1S/C26H41N3O7/c1-10-26(7,8)29(23(33)20(16(2)3)28-24(34)36-25(4,5)6)21(17-11-13-18(30)14-12-17)22(32)27-15-19(31)35-9/h11-14,16,20-21,30H,10,15H2,1-9H3,(H,27,32)(H,28,34). The van der Waals surface area contributed by atoms with Gasteiger partial charge >= 0.3 is 12.1 Å². The predicted octanol–water partition coefficient (Wildman–Crippen LogP) is 3.29. The lowest BCUT2D eigenvalue weighted by Gasteiger charge is -2.45. The minimum atomic E-state index is -1.17. The summed E-state index contributed by atoms with van der Waals surface area (Å²) in [6.07, 6.45) is -0.269. The highest BCUT2D eigenvalue weighted by Crippen LogP contribution is 2.33. The number of amides is 3. The van der Waals surface area contributed by atoms with Crippen molar-refractivity contribution < 1.29 is 33.8 Å². The molecule has 0 aromatic heterocycles. The SMILES string of the molecule is CCC(C)(C)N(C(=O)C(NC(=O)OC(C)(C)C)C(C)C)C(C(=O)NCC(=O)OC)c1ccc(O)cc1. The van der Waals surface area contributed by atoms with Crippen molar-refractivity contribution in [1.82, 2.24) is 15.5 Å². The number of nitrogens with one attached hydrogen (secondary N) is 2. The maximum Gasteiger partial charge on any atom is 0.408 e. The van der Waals surface area contributed by atoms with Crippen LogP contribution in [0.4, 0.5) is 4.79 Å². The van der Waals surface area contributed by atoms with E-state index in [1.54, 1.807) is 34.6 Å². The lowest BCUT2D eigenvalue weighted by molar-refractivity contribution is -0.151. The summed E-state index contributed by atoms with van der Waals surface area (Å²) in [5.41, 5.74) is -1.19. The number of carbonyl (C=O) groups excluding carboxylic acids is 4. The minimum absolute atomic E-state index is 0.00764. The van der Waals surface area contributed by atoms with Gasteiger partial charge in [-0.1, -0.05) is 32.9 Å². The van der Waals surface area contributed by atoms with Crippen LogP contribution >= 0.6 is 0 Å². The third-order valence-corrected chi connectivity index (χ3v) is 5.71. The number of aromatic hydroxyl groups is 1. The highest BCUT2D eigenvalue weighted by atomic mass is 16.6. The summed E-state index contributed by atoms with van der Waals surface area (Å²) in [4.78, 5) is 53.3. The number of phenols is 1. The molecule has 3 N–H and O–H groups in total. The Hall–Kier alpha value is -3.30. The maximum atomic E-state index is 14.1. The van der Waals surface area contributed by atoms with Gasteiger partial charge < -0.3 is 30.1 Å². The number of methoxy groups -OCH3 is 1. The molecule has 36 heavy (non-hydrogen) atoms. The molecule has 0 radical (unpaired) electrons. The van der Waals surface area contributed by atoms with Gasteiger partial charge in [0.2, 0.25) is 11.8 Å². The molecular formula is C26H41N3O7. The van der Waals surface area contributed by atoms with Gasteiger partial charge in [-0.05, 0) is 64.7 Å². The molecule has 3 amide bonds. The average molecular weight is 508 g/mol. The van der Waals surface area contributed by atoms with Crippen LogP contribution in [0.5, 0.6) is 5.75 Å². The van der Waals surface area contributed by atoms with Crippen molar-refractivity contribution in [3.8, 4) is 5.75 Å². The molecule has 1 aromatic rings. The number of hydrogen-bond acceptors (Lipinski definition) is 7. The zero-order chi connectivity index (χ0) is 27.8. The highest BCUT2D eigenvalue weighted by Gasteiger charge is 2.44. The average Bonchev–Trinajstić information content (AvgIpc) is 2.77. The molecule has 0 spiro atoms. The van der Waals surface area contributed by atoms with E-state index < -0.39 is 47.1 Å².